The van der Waals surface area contributed by atoms with Crippen LogP contribution in [0.5, 0.6) is 0 Å². The van der Waals surface area contributed by atoms with Gasteiger partial charge in [-0.1, -0.05) is 6.92 Å². The molecule has 0 aliphatic rings. The normalized spacial score (nSPS) is 14.9. The van der Waals surface area contributed by atoms with Crippen molar-refractivity contribution in [2.24, 2.45) is 10.7 Å². The minimum Gasteiger partial charge on any atom is -0.387 e. The van der Waals surface area contributed by atoms with E-state index in [0.29, 0.717) is 18.1 Å². The van der Waals surface area contributed by atoms with E-state index in [-0.39, 0.29) is 0 Å². The molecule has 0 fully saturated rings. The molecule has 4 heteroatoms. The van der Waals surface area contributed by atoms with Gasteiger partial charge in [-0.25, -0.2) is 0 Å². The van der Waals surface area contributed by atoms with Crippen molar-refractivity contribution in [2.45, 2.75) is 19.8 Å². The van der Waals surface area contributed by atoms with Crippen LogP contribution in [0.1, 0.15) is 19.8 Å². The molecule has 1 unspecified atom stereocenters. The van der Waals surface area contributed by atoms with E-state index in [1.54, 1.807) is 6.26 Å². The summed E-state index contributed by atoms with van der Waals surface area (Å²) < 4.78 is 10.6. The smallest absolute Gasteiger partial charge is 0.0937 e. The van der Waals surface area contributed by atoms with Gasteiger partial charge in [0.15, 0.2) is 0 Å². The Bertz CT molecular complexity index is 157. The summed E-state index contributed by atoms with van der Waals surface area (Å²) in [6.07, 6.45) is 3.53. The van der Waals surface area contributed by atoms with Crippen LogP contribution < -0.4 is 5.73 Å². The fraction of sp³-hybridized carbons (Fsp3) is 0.857. The van der Waals surface area contributed by atoms with E-state index in [2.05, 4.69) is 11.9 Å². The zero-order valence-electron chi connectivity index (χ0n) is 7.17. The Balaban J connectivity index is 3.47. The van der Waals surface area contributed by atoms with Crippen molar-refractivity contribution in [1.29, 1.82) is 0 Å². The summed E-state index contributed by atoms with van der Waals surface area (Å²) in [5, 5.41) is 0. The second-order valence-corrected chi connectivity index (χ2v) is 3.96. The van der Waals surface area contributed by atoms with Crippen LogP contribution >= 0.6 is 0 Å². The number of amidine groups is 1. The zero-order valence-corrected chi connectivity index (χ0v) is 7.99. The van der Waals surface area contributed by atoms with Gasteiger partial charge >= 0.3 is 0 Å². The average molecular weight is 176 g/mol. The van der Waals surface area contributed by atoms with Gasteiger partial charge in [0.05, 0.1) is 12.4 Å². The summed E-state index contributed by atoms with van der Waals surface area (Å²) in [5.41, 5.74) is 5.52. The lowest BCUT2D eigenvalue weighted by atomic mass is 10.3. The molecule has 1 atom stereocenters. The molecule has 11 heavy (non-hydrogen) atoms. The van der Waals surface area contributed by atoms with Crippen LogP contribution in [0.15, 0.2) is 4.99 Å². The molecule has 0 aromatic rings. The van der Waals surface area contributed by atoms with Crippen molar-refractivity contribution in [3.05, 3.63) is 0 Å². The van der Waals surface area contributed by atoms with Crippen LogP contribution in [-0.4, -0.2) is 28.6 Å². The Morgan fingerprint density at radius 2 is 2.27 bits per heavy atom. The summed E-state index contributed by atoms with van der Waals surface area (Å²) in [5.74, 6) is 1.29. The van der Waals surface area contributed by atoms with Gasteiger partial charge in [-0.2, -0.15) is 0 Å². The highest BCUT2D eigenvalue weighted by molar-refractivity contribution is 7.84. The molecule has 0 bridgehead atoms. The predicted octanol–water partition coefficient (Wildman–Crippen LogP) is 0.522. The SMILES string of the molecule is CCCC(N)=NCCS(C)=O. The standard InChI is InChI=1S/C7H16N2OS/c1-3-4-7(8)9-5-6-11(2)10/h3-6H2,1-2H3,(H2,8,9). The lowest BCUT2D eigenvalue weighted by Crippen LogP contribution is -2.13. The molecule has 0 heterocycles. The summed E-state index contributed by atoms with van der Waals surface area (Å²) in [6, 6.07) is 0. The molecule has 0 radical (unpaired) electrons. The largest absolute Gasteiger partial charge is 0.387 e. The number of rotatable bonds is 5. The monoisotopic (exact) mass is 176 g/mol. The number of nitrogens with zero attached hydrogens (tertiary/aromatic N) is 1. The topological polar surface area (TPSA) is 55.4 Å². The first-order chi connectivity index (χ1) is 5.16. The van der Waals surface area contributed by atoms with Crippen molar-refractivity contribution < 1.29 is 4.21 Å². The van der Waals surface area contributed by atoms with Crippen LogP contribution in [0.2, 0.25) is 0 Å². The van der Waals surface area contributed by atoms with Gasteiger partial charge in [-0.05, 0) is 6.42 Å². The van der Waals surface area contributed by atoms with Crippen molar-refractivity contribution in [3.63, 3.8) is 0 Å². The first-order valence-electron chi connectivity index (χ1n) is 3.75. The highest BCUT2D eigenvalue weighted by Crippen LogP contribution is 1.86. The van der Waals surface area contributed by atoms with Crippen molar-refractivity contribution in [1.82, 2.24) is 0 Å². The molecule has 0 aromatic carbocycles. The summed E-state index contributed by atoms with van der Waals surface area (Å²) in [7, 11) is -0.749. The first-order valence-corrected chi connectivity index (χ1v) is 5.48. The van der Waals surface area contributed by atoms with Gasteiger partial charge in [-0.15, -0.1) is 0 Å². The molecule has 0 saturated carbocycles. The lowest BCUT2D eigenvalue weighted by molar-refractivity contribution is 0.686. The molecule has 0 saturated heterocycles. The first kappa shape index (κ1) is 10.6. The maximum atomic E-state index is 10.6. The van der Waals surface area contributed by atoms with E-state index in [9.17, 15) is 4.21 Å². The van der Waals surface area contributed by atoms with E-state index >= 15 is 0 Å². The van der Waals surface area contributed by atoms with Crippen molar-refractivity contribution in [3.8, 4) is 0 Å². The fourth-order valence-corrected chi connectivity index (χ4v) is 1.00. The average Bonchev–Trinajstić information content (AvgIpc) is 1.87. The van der Waals surface area contributed by atoms with Gasteiger partial charge in [0.1, 0.15) is 0 Å². The molecule has 0 amide bonds. The molecular formula is C7H16N2OS. The molecular weight excluding hydrogens is 160 g/mol. The Kier molecular flexibility index (Phi) is 6.12. The molecule has 0 aliphatic carbocycles. The Morgan fingerprint density at radius 3 is 2.73 bits per heavy atom. The third-order valence-corrected chi connectivity index (χ3v) is 1.96. The molecule has 0 rings (SSSR count). The zero-order chi connectivity index (χ0) is 8.69. The summed E-state index contributed by atoms with van der Waals surface area (Å²) in [4.78, 5) is 4.06. The van der Waals surface area contributed by atoms with E-state index in [1.165, 1.54) is 0 Å². The Hall–Kier alpha value is -0.380. The summed E-state index contributed by atoms with van der Waals surface area (Å²) >= 11 is 0. The molecule has 66 valence electrons. The van der Waals surface area contributed by atoms with Crippen molar-refractivity contribution in [2.75, 3.05) is 18.6 Å². The van der Waals surface area contributed by atoms with Gasteiger partial charge < -0.3 is 5.73 Å². The second-order valence-electron chi connectivity index (χ2n) is 2.40. The van der Waals surface area contributed by atoms with E-state index in [4.69, 9.17) is 5.73 Å². The van der Waals surface area contributed by atoms with Gasteiger partial charge in [0, 0.05) is 29.2 Å². The van der Waals surface area contributed by atoms with Crippen LogP contribution in [0.25, 0.3) is 0 Å². The van der Waals surface area contributed by atoms with Crippen LogP contribution in [0.4, 0.5) is 0 Å². The number of hydrogen-bond acceptors (Lipinski definition) is 2. The molecule has 2 N–H and O–H groups in total. The van der Waals surface area contributed by atoms with Crippen LogP contribution in [0.3, 0.4) is 0 Å². The maximum absolute atomic E-state index is 10.6. The molecule has 0 spiro atoms. The van der Waals surface area contributed by atoms with E-state index in [0.717, 1.165) is 12.8 Å². The number of nitrogens with two attached hydrogens (primary N) is 1. The molecule has 3 nitrogen and oxygen atoms in total. The van der Waals surface area contributed by atoms with Crippen molar-refractivity contribution >= 4 is 16.6 Å². The van der Waals surface area contributed by atoms with Gasteiger partial charge in [0.25, 0.3) is 0 Å². The quantitative estimate of drug-likeness (QED) is 0.490. The van der Waals surface area contributed by atoms with Crippen LogP contribution in [0, 0.1) is 0 Å². The Labute approximate surface area is 70.5 Å². The van der Waals surface area contributed by atoms with Gasteiger partial charge in [-0.3, -0.25) is 9.20 Å². The predicted molar refractivity (Wildman–Crippen MR) is 50.3 cm³/mol. The molecule has 0 aromatic heterocycles. The lowest BCUT2D eigenvalue weighted by Gasteiger charge is -1.96. The van der Waals surface area contributed by atoms with Gasteiger partial charge in [0.2, 0.25) is 0 Å². The number of aliphatic imine (C=N–C) groups is 1. The minimum atomic E-state index is -0.749. The third-order valence-electron chi connectivity index (χ3n) is 1.20. The Morgan fingerprint density at radius 1 is 1.64 bits per heavy atom. The highest BCUT2D eigenvalue weighted by Gasteiger charge is 1.91. The second kappa shape index (κ2) is 6.34. The summed E-state index contributed by atoms with van der Waals surface area (Å²) in [6.45, 7) is 2.65. The number of hydrogen-bond donors (Lipinski definition) is 1. The molecule has 0 aliphatic heterocycles. The highest BCUT2D eigenvalue weighted by atomic mass is 32.2. The van der Waals surface area contributed by atoms with E-state index in [1.807, 2.05) is 0 Å². The van der Waals surface area contributed by atoms with E-state index < -0.39 is 10.8 Å². The third kappa shape index (κ3) is 7.52. The maximum Gasteiger partial charge on any atom is 0.0937 e. The van der Waals surface area contributed by atoms with Crippen LogP contribution in [-0.2, 0) is 10.8 Å². The fourth-order valence-electron chi connectivity index (χ4n) is 0.653. The minimum absolute atomic E-state index is 0.592.